The second kappa shape index (κ2) is 6.20. The average molecular weight is 377 g/mol. The van der Waals surface area contributed by atoms with E-state index >= 15 is 0 Å². The van der Waals surface area contributed by atoms with Crippen LogP contribution in [0.2, 0.25) is 0 Å². The number of hydrogen-bond donors (Lipinski definition) is 1. The molecule has 1 aliphatic heterocycles. The van der Waals surface area contributed by atoms with Gasteiger partial charge in [0.1, 0.15) is 11.1 Å². The maximum absolute atomic E-state index is 12.6. The first-order chi connectivity index (χ1) is 12.5. The zero-order chi connectivity index (χ0) is 17.8. The van der Waals surface area contributed by atoms with Crippen LogP contribution in [0.1, 0.15) is 51.4 Å². The average Bonchev–Trinajstić information content (AvgIpc) is 3.15. The van der Waals surface area contributed by atoms with Crippen molar-refractivity contribution in [3.63, 3.8) is 0 Å². The van der Waals surface area contributed by atoms with Crippen molar-refractivity contribution in [1.29, 1.82) is 0 Å². The number of pyridine rings is 1. The third-order valence-electron chi connectivity index (χ3n) is 7.31. The Labute approximate surface area is 156 Å². The lowest BCUT2D eigenvalue weighted by Gasteiger charge is -2.56. The number of nitrogens with zero attached hydrogens (tertiary/aromatic N) is 1. The summed E-state index contributed by atoms with van der Waals surface area (Å²) in [6, 6.07) is 3.63. The second-order valence-electron chi connectivity index (χ2n) is 9.32. The molecule has 6 heteroatoms. The molecule has 5 nitrogen and oxygen atoms in total. The highest BCUT2D eigenvalue weighted by Gasteiger charge is 2.51. The minimum Gasteiger partial charge on any atom is -0.274 e. The lowest BCUT2D eigenvalue weighted by Crippen LogP contribution is -2.49. The van der Waals surface area contributed by atoms with Crippen LogP contribution in [0.5, 0.6) is 0 Å². The molecule has 142 valence electrons. The van der Waals surface area contributed by atoms with Gasteiger partial charge in [0, 0.05) is 24.6 Å². The summed E-state index contributed by atoms with van der Waals surface area (Å²) in [7, 11) is -3.33. The number of sulfonamides is 1. The van der Waals surface area contributed by atoms with Crippen LogP contribution in [-0.4, -0.2) is 32.4 Å². The fourth-order valence-corrected chi connectivity index (χ4v) is 8.03. The Hall–Kier alpha value is -1.14. The number of aromatic nitrogens is 1. The molecule has 2 N–H and O–H groups in total. The molecule has 5 fully saturated rings. The topological polar surface area (TPSA) is 63.6 Å². The van der Waals surface area contributed by atoms with Crippen molar-refractivity contribution in [1.82, 2.24) is 4.31 Å². The van der Waals surface area contributed by atoms with Crippen LogP contribution >= 0.6 is 0 Å². The van der Waals surface area contributed by atoms with E-state index in [1.165, 1.54) is 38.5 Å². The molecule has 0 amide bonds. The number of anilines is 1. The number of nitrogens with one attached hydrogen (secondary N) is 2. The lowest BCUT2D eigenvalue weighted by molar-refractivity contribution is -0.364. The maximum atomic E-state index is 12.6. The molecule has 4 saturated carbocycles. The molecule has 6 rings (SSSR count). The Bertz CT molecular complexity index is 733. The van der Waals surface area contributed by atoms with Gasteiger partial charge in [-0.25, -0.2) is 13.4 Å². The van der Waals surface area contributed by atoms with E-state index in [1.54, 1.807) is 16.6 Å². The Morgan fingerprint density at radius 2 is 1.65 bits per heavy atom. The standard InChI is InChI=1S/C20H29N3O2S/c24-26(25,23-5-1-2-6-23)18-3-4-19(21-13-18)22-14-20-10-15-7-16(11-20)9-17(8-15)12-20/h3-4,13,15-17H,1-2,5-12,14H2,(H,21,22)/p+1. The Balaban J connectivity index is 1.26. The summed E-state index contributed by atoms with van der Waals surface area (Å²) >= 11 is 0. The quantitative estimate of drug-likeness (QED) is 0.859. The van der Waals surface area contributed by atoms with E-state index < -0.39 is 10.0 Å². The van der Waals surface area contributed by atoms with Crippen LogP contribution in [-0.2, 0) is 10.0 Å². The molecular formula is C20H30N3O2S+. The number of rotatable bonds is 5. The molecule has 5 aliphatic rings. The first kappa shape index (κ1) is 17.0. The summed E-state index contributed by atoms with van der Waals surface area (Å²) in [5.41, 5.74) is 0.475. The number of aromatic amines is 1. The van der Waals surface area contributed by atoms with Gasteiger partial charge in [0.15, 0.2) is 0 Å². The zero-order valence-electron chi connectivity index (χ0n) is 15.4. The highest BCUT2D eigenvalue weighted by Crippen LogP contribution is 2.59. The van der Waals surface area contributed by atoms with Crippen molar-refractivity contribution < 1.29 is 13.4 Å². The molecule has 0 unspecified atom stereocenters. The molecule has 0 aromatic carbocycles. The summed E-state index contributed by atoms with van der Waals surface area (Å²) in [6.45, 7) is 2.31. The third kappa shape index (κ3) is 2.95. The van der Waals surface area contributed by atoms with E-state index in [9.17, 15) is 8.42 Å². The lowest BCUT2D eigenvalue weighted by atomic mass is 9.49. The van der Waals surface area contributed by atoms with Gasteiger partial charge < -0.3 is 0 Å². The van der Waals surface area contributed by atoms with E-state index in [1.807, 2.05) is 6.07 Å². The molecular weight excluding hydrogens is 346 g/mol. The van der Waals surface area contributed by atoms with Crippen LogP contribution in [0.4, 0.5) is 5.82 Å². The third-order valence-corrected chi connectivity index (χ3v) is 9.20. The van der Waals surface area contributed by atoms with Gasteiger partial charge in [-0.05, 0) is 75.2 Å². The van der Waals surface area contributed by atoms with Gasteiger partial charge in [0.2, 0.25) is 10.0 Å². The summed E-state index contributed by atoms with van der Waals surface area (Å²) in [5.74, 6) is 3.81. The minimum absolute atomic E-state index is 0.375. The van der Waals surface area contributed by atoms with E-state index in [2.05, 4.69) is 10.3 Å². The van der Waals surface area contributed by atoms with Gasteiger partial charge >= 0.3 is 0 Å². The van der Waals surface area contributed by atoms with Crippen LogP contribution in [0.3, 0.4) is 0 Å². The summed E-state index contributed by atoms with van der Waals surface area (Å²) in [4.78, 5) is 3.56. The molecule has 4 bridgehead atoms. The molecule has 4 aliphatic carbocycles. The van der Waals surface area contributed by atoms with E-state index in [4.69, 9.17) is 0 Å². The van der Waals surface area contributed by atoms with Gasteiger partial charge in [-0.2, -0.15) is 4.31 Å². The van der Waals surface area contributed by atoms with Crippen molar-refractivity contribution in [2.24, 2.45) is 23.2 Å². The highest BCUT2D eigenvalue weighted by molar-refractivity contribution is 7.89. The van der Waals surface area contributed by atoms with E-state index in [0.29, 0.717) is 23.4 Å². The molecule has 0 atom stereocenters. The Morgan fingerprint density at radius 3 is 2.19 bits per heavy atom. The molecule has 0 spiro atoms. The first-order valence-corrected chi connectivity index (χ1v) is 11.7. The molecule has 26 heavy (non-hydrogen) atoms. The number of hydrogen-bond acceptors (Lipinski definition) is 3. The van der Waals surface area contributed by atoms with Gasteiger partial charge in [-0.3, -0.25) is 5.32 Å². The van der Waals surface area contributed by atoms with Gasteiger partial charge in [-0.15, -0.1) is 0 Å². The Kier molecular flexibility index (Phi) is 4.05. The summed E-state index contributed by atoms with van der Waals surface area (Å²) < 4.78 is 26.8. The zero-order valence-corrected chi connectivity index (χ0v) is 16.2. The maximum Gasteiger partial charge on any atom is 0.272 e. The summed E-state index contributed by atoms with van der Waals surface area (Å²) in [5, 5.41) is 3.59. The van der Waals surface area contributed by atoms with Crippen molar-refractivity contribution in [2.45, 2.75) is 56.3 Å². The van der Waals surface area contributed by atoms with E-state index in [-0.39, 0.29) is 0 Å². The molecule has 1 saturated heterocycles. The largest absolute Gasteiger partial charge is 0.274 e. The van der Waals surface area contributed by atoms with Crippen LogP contribution in [0.25, 0.3) is 0 Å². The molecule has 0 radical (unpaired) electrons. The first-order valence-electron chi connectivity index (χ1n) is 10.3. The minimum atomic E-state index is -3.33. The van der Waals surface area contributed by atoms with Crippen molar-refractivity contribution in [3.05, 3.63) is 18.3 Å². The van der Waals surface area contributed by atoms with Gasteiger partial charge in [0.25, 0.3) is 5.82 Å². The fraction of sp³-hybridized carbons (Fsp3) is 0.750. The summed E-state index contributed by atoms with van der Waals surface area (Å²) in [6.07, 6.45) is 12.1. The van der Waals surface area contributed by atoms with Crippen molar-refractivity contribution in [2.75, 3.05) is 25.0 Å². The van der Waals surface area contributed by atoms with Crippen LogP contribution in [0, 0.1) is 23.2 Å². The van der Waals surface area contributed by atoms with Gasteiger partial charge in [0.05, 0.1) is 6.54 Å². The van der Waals surface area contributed by atoms with Crippen LogP contribution < -0.4 is 10.3 Å². The number of H-pyrrole nitrogens is 1. The smallest absolute Gasteiger partial charge is 0.272 e. The molecule has 2 heterocycles. The van der Waals surface area contributed by atoms with Crippen LogP contribution in [0.15, 0.2) is 23.2 Å². The fourth-order valence-electron chi connectivity index (χ4n) is 6.55. The van der Waals surface area contributed by atoms with E-state index in [0.717, 1.165) is 43.0 Å². The monoisotopic (exact) mass is 376 g/mol. The van der Waals surface area contributed by atoms with Gasteiger partial charge in [-0.1, -0.05) is 0 Å². The molecule has 1 aromatic rings. The highest BCUT2D eigenvalue weighted by atomic mass is 32.2. The molecule has 1 aromatic heterocycles. The SMILES string of the molecule is O=S(=O)(c1ccc(NCC23CC4CC(CC(C4)C2)C3)[nH+]c1)N1CCCC1. The van der Waals surface area contributed by atoms with Crippen molar-refractivity contribution >= 4 is 15.8 Å². The predicted molar refractivity (Wildman–Crippen MR) is 100 cm³/mol. The Morgan fingerprint density at radius 1 is 1.04 bits per heavy atom. The predicted octanol–water partition coefficient (Wildman–Crippen LogP) is 2.91. The normalized spacial score (nSPS) is 36.5. The second-order valence-corrected chi connectivity index (χ2v) is 11.3. The van der Waals surface area contributed by atoms with Crippen molar-refractivity contribution in [3.8, 4) is 0 Å².